The first-order valence-corrected chi connectivity index (χ1v) is 7.49. The van der Waals surface area contributed by atoms with Crippen LogP contribution in [0.25, 0.3) is 0 Å². The smallest absolute Gasteiger partial charge is 0.224 e. The summed E-state index contributed by atoms with van der Waals surface area (Å²) in [5.74, 6) is -0.00167. The summed E-state index contributed by atoms with van der Waals surface area (Å²) in [6.45, 7) is 7.26. The Hall–Kier alpha value is -1.71. The Bertz CT molecular complexity index is 499. The molecule has 0 aliphatic carbocycles. The molecule has 0 saturated carbocycles. The first-order chi connectivity index (χ1) is 9.52. The molecular formula is C16H25N3O. The van der Waals surface area contributed by atoms with Crippen LogP contribution in [-0.4, -0.2) is 18.5 Å². The summed E-state index contributed by atoms with van der Waals surface area (Å²) in [6, 6.07) is 4.53. The second-order valence-electron chi connectivity index (χ2n) is 5.67. The molecule has 1 unspecified atom stereocenters. The van der Waals surface area contributed by atoms with Crippen LogP contribution in [0.1, 0.15) is 45.1 Å². The number of hydrogen-bond acceptors (Lipinski definition) is 3. The van der Waals surface area contributed by atoms with Gasteiger partial charge in [-0.2, -0.15) is 0 Å². The zero-order chi connectivity index (χ0) is 14.7. The Kier molecular flexibility index (Phi) is 4.53. The number of nitrogens with zero attached hydrogens (tertiary/aromatic N) is 1. The predicted octanol–water partition coefficient (Wildman–Crippen LogP) is 3.30. The fourth-order valence-corrected chi connectivity index (χ4v) is 2.83. The minimum atomic E-state index is -0.00167. The molecule has 110 valence electrons. The van der Waals surface area contributed by atoms with Crippen LogP contribution in [0, 0.1) is 6.92 Å². The van der Waals surface area contributed by atoms with E-state index in [9.17, 15) is 4.79 Å². The average molecular weight is 275 g/mol. The Balaban J connectivity index is 2.32. The van der Waals surface area contributed by atoms with Crippen LogP contribution in [0.5, 0.6) is 0 Å². The molecule has 0 spiro atoms. The number of nitrogens with one attached hydrogen (secondary N) is 1. The van der Waals surface area contributed by atoms with E-state index in [0.717, 1.165) is 12.2 Å². The number of aryl methyl sites for hydroxylation is 1. The van der Waals surface area contributed by atoms with E-state index in [1.165, 1.54) is 30.5 Å². The van der Waals surface area contributed by atoms with Crippen LogP contribution in [0.4, 0.5) is 17.1 Å². The predicted molar refractivity (Wildman–Crippen MR) is 85.2 cm³/mol. The lowest BCUT2D eigenvalue weighted by Crippen LogP contribution is -2.37. The molecule has 1 aromatic rings. The number of piperidine rings is 1. The van der Waals surface area contributed by atoms with Gasteiger partial charge in [0.05, 0.1) is 11.4 Å². The molecule has 1 amide bonds. The highest BCUT2D eigenvalue weighted by Crippen LogP contribution is 2.33. The maximum absolute atomic E-state index is 11.6. The molecule has 0 radical (unpaired) electrons. The fraction of sp³-hybridized carbons (Fsp3) is 0.562. The first kappa shape index (κ1) is 14.7. The normalized spacial score (nSPS) is 18.9. The largest absolute Gasteiger partial charge is 0.397 e. The van der Waals surface area contributed by atoms with E-state index in [-0.39, 0.29) is 5.91 Å². The highest BCUT2D eigenvalue weighted by atomic mass is 16.1. The van der Waals surface area contributed by atoms with Gasteiger partial charge in [-0.15, -0.1) is 0 Å². The van der Waals surface area contributed by atoms with Gasteiger partial charge in [-0.1, -0.05) is 6.92 Å². The van der Waals surface area contributed by atoms with Crippen molar-refractivity contribution in [1.29, 1.82) is 0 Å². The van der Waals surface area contributed by atoms with Gasteiger partial charge in [0.25, 0.3) is 0 Å². The molecular weight excluding hydrogens is 250 g/mol. The van der Waals surface area contributed by atoms with Gasteiger partial charge in [0, 0.05) is 24.7 Å². The highest BCUT2D eigenvalue weighted by molar-refractivity contribution is 5.94. The molecule has 0 aromatic heterocycles. The van der Waals surface area contributed by atoms with Gasteiger partial charge < -0.3 is 16.0 Å². The Labute approximate surface area is 121 Å². The molecule has 0 bridgehead atoms. The molecule has 1 saturated heterocycles. The van der Waals surface area contributed by atoms with Gasteiger partial charge in [0.15, 0.2) is 0 Å². The molecule has 3 N–H and O–H groups in total. The highest BCUT2D eigenvalue weighted by Gasteiger charge is 2.21. The number of anilines is 3. The third-order valence-corrected chi connectivity index (χ3v) is 4.08. The number of benzene rings is 1. The Morgan fingerprint density at radius 1 is 1.45 bits per heavy atom. The molecule has 1 atom stereocenters. The van der Waals surface area contributed by atoms with Crippen molar-refractivity contribution in [2.45, 2.75) is 52.5 Å². The van der Waals surface area contributed by atoms with Crippen molar-refractivity contribution in [2.75, 3.05) is 22.5 Å². The number of carbonyl (C=O) groups is 1. The second kappa shape index (κ2) is 6.16. The Morgan fingerprint density at radius 2 is 2.20 bits per heavy atom. The summed E-state index contributed by atoms with van der Waals surface area (Å²) in [7, 11) is 0. The minimum absolute atomic E-state index is 0.00167. The van der Waals surface area contributed by atoms with Crippen molar-refractivity contribution in [3.8, 4) is 0 Å². The molecule has 1 aromatic carbocycles. The number of nitrogen functional groups attached to an aromatic ring is 1. The first-order valence-electron chi connectivity index (χ1n) is 7.49. The second-order valence-corrected chi connectivity index (χ2v) is 5.67. The zero-order valence-corrected chi connectivity index (χ0v) is 12.7. The quantitative estimate of drug-likeness (QED) is 0.832. The monoisotopic (exact) mass is 275 g/mol. The molecule has 1 fully saturated rings. The molecule has 1 aliphatic heterocycles. The lowest BCUT2D eigenvalue weighted by atomic mass is 10.0. The van der Waals surface area contributed by atoms with Gasteiger partial charge in [-0.25, -0.2) is 0 Å². The summed E-state index contributed by atoms with van der Waals surface area (Å²) in [6.07, 6.45) is 4.21. The van der Waals surface area contributed by atoms with Gasteiger partial charge in [-0.3, -0.25) is 4.79 Å². The molecule has 2 rings (SSSR count). The van der Waals surface area contributed by atoms with E-state index in [0.29, 0.717) is 18.2 Å². The number of nitrogens with two attached hydrogens (primary N) is 1. The lowest BCUT2D eigenvalue weighted by Gasteiger charge is -2.36. The van der Waals surface area contributed by atoms with Crippen LogP contribution in [0.3, 0.4) is 0 Å². The van der Waals surface area contributed by atoms with Crippen molar-refractivity contribution in [2.24, 2.45) is 0 Å². The minimum Gasteiger partial charge on any atom is -0.397 e. The van der Waals surface area contributed by atoms with Crippen LogP contribution in [-0.2, 0) is 4.79 Å². The Morgan fingerprint density at radius 3 is 2.85 bits per heavy atom. The fourth-order valence-electron chi connectivity index (χ4n) is 2.83. The number of amides is 1. The number of rotatable bonds is 3. The van der Waals surface area contributed by atoms with Crippen molar-refractivity contribution in [3.63, 3.8) is 0 Å². The summed E-state index contributed by atoms with van der Waals surface area (Å²) >= 11 is 0. The molecule has 20 heavy (non-hydrogen) atoms. The van der Waals surface area contributed by atoms with Crippen LogP contribution >= 0.6 is 0 Å². The van der Waals surface area contributed by atoms with Crippen LogP contribution in [0.15, 0.2) is 12.1 Å². The molecule has 4 nitrogen and oxygen atoms in total. The number of carbonyl (C=O) groups excluding carboxylic acids is 1. The van der Waals surface area contributed by atoms with E-state index < -0.39 is 0 Å². The molecule has 1 aliphatic rings. The molecule has 1 heterocycles. The summed E-state index contributed by atoms with van der Waals surface area (Å²) in [5.41, 5.74) is 9.76. The van der Waals surface area contributed by atoms with Crippen molar-refractivity contribution >= 4 is 23.0 Å². The summed E-state index contributed by atoms with van der Waals surface area (Å²) in [5, 5.41) is 2.89. The van der Waals surface area contributed by atoms with E-state index >= 15 is 0 Å². The maximum Gasteiger partial charge on any atom is 0.224 e. The van der Waals surface area contributed by atoms with Gasteiger partial charge in [0.2, 0.25) is 5.91 Å². The van der Waals surface area contributed by atoms with Gasteiger partial charge in [-0.05, 0) is 50.8 Å². The average Bonchev–Trinajstić information content (AvgIpc) is 2.42. The lowest BCUT2D eigenvalue weighted by molar-refractivity contribution is -0.115. The summed E-state index contributed by atoms with van der Waals surface area (Å²) < 4.78 is 0. The topological polar surface area (TPSA) is 58.4 Å². The zero-order valence-electron chi connectivity index (χ0n) is 12.7. The van der Waals surface area contributed by atoms with Gasteiger partial charge >= 0.3 is 0 Å². The van der Waals surface area contributed by atoms with Crippen LogP contribution < -0.4 is 16.0 Å². The maximum atomic E-state index is 11.6. The standard InChI is InChI=1S/C16H25N3O/c1-4-16(20)18-14-10-15(11(2)9-13(14)17)19-8-6-5-7-12(19)3/h9-10,12H,4-8,17H2,1-3H3,(H,18,20). The number of hydrogen-bond donors (Lipinski definition) is 2. The summed E-state index contributed by atoms with van der Waals surface area (Å²) in [4.78, 5) is 14.0. The van der Waals surface area contributed by atoms with E-state index in [1.807, 2.05) is 19.1 Å². The third-order valence-electron chi connectivity index (χ3n) is 4.08. The van der Waals surface area contributed by atoms with Crippen LogP contribution in [0.2, 0.25) is 0 Å². The van der Waals surface area contributed by atoms with E-state index in [4.69, 9.17) is 5.73 Å². The third kappa shape index (κ3) is 3.06. The van der Waals surface area contributed by atoms with E-state index in [1.54, 1.807) is 0 Å². The van der Waals surface area contributed by atoms with Crippen molar-refractivity contribution in [1.82, 2.24) is 0 Å². The molecule has 4 heteroatoms. The van der Waals surface area contributed by atoms with Gasteiger partial charge in [0.1, 0.15) is 0 Å². The van der Waals surface area contributed by atoms with E-state index in [2.05, 4.69) is 24.1 Å². The van der Waals surface area contributed by atoms with Crippen molar-refractivity contribution < 1.29 is 4.79 Å². The SMILES string of the molecule is CCC(=O)Nc1cc(N2CCCCC2C)c(C)cc1N. The van der Waals surface area contributed by atoms with Crippen molar-refractivity contribution in [3.05, 3.63) is 17.7 Å².